The van der Waals surface area contributed by atoms with Crippen LogP contribution in [0, 0.1) is 18.3 Å². The van der Waals surface area contributed by atoms with Crippen LogP contribution in [0.4, 0.5) is 0 Å². The molecular formula is C22H35IN6. The van der Waals surface area contributed by atoms with Crippen molar-refractivity contribution in [1.29, 1.82) is 0 Å². The number of halogens is 1. The Kier molecular flexibility index (Phi) is 8.92. The highest BCUT2D eigenvalue weighted by Crippen LogP contribution is 2.45. The molecule has 0 unspecified atom stereocenters. The SMILES string of the molecule is CCNC(=NCc1ccc(-n2ccnc2C)nc1)NCC1(CC(C)C)CCC1.I. The number of aliphatic imine (C=N–C) groups is 1. The van der Waals surface area contributed by atoms with Gasteiger partial charge in [0.2, 0.25) is 0 Å². The third-order valence-electron chi connectivity index (χ3n) is 5.53. The third kappa shape index (κ3) is 6.42. The normalized spacial score (nSPS) is 15.6. The van der Waals surface area contributed by atoms with Crippen LogP contribution in [0.15, 0.2) is 35.7 Å². The first-order valence-electron chi connectivity index (χ1n) is 10.5. The fourth-order valence-electron chi connectivity index (χ4n) is 4.05. The monoisotopic (exact) mass is 510 g/mol. The lowest BCUT2D eigenvalue weighted by atomic mass is 9.64. The van der Waals surface area contributed by atoms with Gasteiger partial charge in [-0.1, -0.05) is 26.3 Å². The summed E-state index contributed by atoms with van der Waals surface area (Å²) in [4.78, 5) is 13.6. The molecule has 0 radical (unpaired) electrons. The molecule has 2 N–H and O–H groups in total. The van der Waals surface area contributed by atoms with Gasteiger partial charge in [0.05, 0.1) is 6.54 Å². The first-order valence-corrected chi connectivity index (χ1v) is 10.5. The average Bonchev–Trinajstić information content (AvgIpc) is 3.07. The molecule has 1 fully saturated rings. The molecule has 2 heterocycles. The highest BCUT2D eigenvalue weighted by atomic mass is 127. The van der Waals surface area contributed by atoms with Crippen molar-refractivity contribution in [2.75, 3.05) is 13.1 Å². The van der Waals surface area contributed by atoms with E-state index in [1.54, 1.807) is 6.20 Å². The summed E-state index contributed by atoms with van der Waals surface area (Å²) in [5.41, 5.74) is 1.55. The van der Waals surface area contributed by atoms with Crippen LogP contribution in [0.1, 0.15) is 57.8 Å². The lowest BCUT2D eigenvalue weighted by Crippen LogP contribution is -2.47. The quantitative estimate of drug-likeness (QED) is 0.313. The van der Waals surface area contributed by atoms with Crippen LogP contribution in [0.25, 0.3) is 5.82 Å². The molecule has 2 aromatic heterocycles. The number of pyridine rings is 1. The lowest BCUT2D eigenvalue weighted by molar-refractivity contribution is 0.104. The Hall–Kier alpha value is -1.64. The van der Waals surface area contributed by atoms with E-state index in [4.69, 9.17) is 4.99 Å². The summed E-state index contributed by atoms with van der Waals surface area (Å²) in [6, 6.07) is 4.10. The predicted octanol–water partition coefficient (Wildman–Crippen LogP) is 4.47. The Balaban J connectivity index is 0.00000300. The standard InChI is InChI=1S/C22H34N6.HI/c1-5-23-21(27-16-22(9-6-10-22)13-17(2)3)26-15-19-7-8-20(25-14-19)28-12-11-24-18(28)4;/h7-8,11-12,14,17H,5-6,9-10,13,15-16H2,1-4H3,(H2,23,26,27);1H. The van der Waals surface area contributed by atoms with Crippen molar-refractivity contribution in [2.24, 2.45) is 16.3 Å². The summed E-state index contributed by atoms with van der Waals surface area (Å²) in [5, 5.41) is 6.96. The maximum absolute atomic E-state index is 4.77. The van der Waals surface area contributed by atoms with Crippen molar-refractivity contribution in [1.82, 2.24) is 25.2 Å². The zero-order chi connectivity index (χ0) is 20.0. The number of aryl methyl sites for hydroxylation is 1. The van der Waals surface area contributed by atoms with Gasteiger partial charge in [-0.3, -0.25) is 4.57 Å². The number of hydrogen-bond acceptors (Lipinski definition) is 3. The molecular weight excluding hydrogens is 475 g/mol. The van der Waals surface area contributed by atoms with Crippen LogP contribution in [-0.4, -0.2) is 33.6 Å². The Bertz CT molecular complexity index is 777. The largest absolute Gasteiger partial charge is 0.357 e. The summed E-state index contributed by atoms with van der Waals surface area (Å²) in [7, 11) is 0. The Morgan fingerprint density at radius 2 is 2.03 bits per heavy atom. The topological polar surface area (TPSA) is 67.1 Å². The molecule has 0 aliphatic heterocycles. The highest BCUT2D eigenvalue weighted by molar-refractivity contribution is 14.0. The molecule has 1 aliphatic rings. The van der Waals surface area contributed by atoms with E-state index in [-0.39, 0.29) is 24.0 Å². The third-order valence-corrected chi connectivity index (χ3v) is 5.53. The molecule has 0 aromatic carbocycles. The summed E-state index contributed by atoms with van der Waals surface area (Å²) in [6.07, 6.45) is 10.9. The van der Waals surface area contributed by atoms with Crippen LogP contribution in [0.3, 0.4) is 0 Å². The van der Waals surface area contributed by atoms with E-state index >= 15 is 0 Å². The van der Waals surface area contributed by atoms with Gasteiger partial charge in [0.1, 0.15) is 11.6 Å². The number of guanidine groups is 1. The van der Waals surface area contributed by atoms with E-state index in [0.29, 0.717) is 12.0 Å². The molecule has 1 aliphatic carbocycles. The second-order valence-corrected chi connectivity index (χ2v) is 8.37. The van der Waals surface area contributed by atoms with Crippen LogP contribution < -0.4 is 10.6 Å². The fraction of sp³-hybridized carbons (Fsp3) is 0.591. The molecule has 0 bridgehead atoms. The van der Waals surface area contributed by atoms with Gasteiger partial charge in [0, 0.05) is 31.7 Å². The summed E-state index contributed by atoms with van der Waals surface area (Å²) in [6.45, 7) is 11.2. The summed E-state index contributed by atoms with van der Waals surface area (Å²) in [5.74, 6) is 3.45. The Morgan fingerprint density at radius 3 is 2.55 bits per heavy atom. The maximum Gasteiger partial charge on any atom is 0.191 e. The molecule has 0 atom stereocenters. The molecule has 7 heteroatoms. The molecule has 2 aromatic rings. The van der Waals surface area contributed by atoms with Gasteiger partial charge in [-0.25, -0.2) is 15.0 Å². The molecule has 0 amide bonds. The van der Waals surface area contributed by atoms with E-state index in [2.05, 4.69) is 47.4 Å². The average molecular weight is 510 g/mol. The molecule has 160 valence electrons. The lowest BCUT2D eigenvalue weighted by Gasteiger charge is -2.43. The molecule has 3 rings (SSSR count). The van der Waals surface area contributed by atoms with Gasteiger partial charge in [-0.2, -0.15) is 0 Å². The Morgan fingerprint density at radius 1 is 1.24 bits per heavy atom. The number of hydrogen-bond donors (Lipinski definition) is 2. The van der Waals surface area contributed by atoms with Crippen LogP contribution in [0.2, 0.25) is 0 Å². The highest BCUT2D eigenvalue weighted by Gasteiger charge is 2.37. The number of nitrogens with zero attached hydrogens (tertiary/aromatic N) is 4. The van der Waals surface area contributed by atoms with E-state index < -0.39 is 0 Å². The second-order valence-electron chi connectivity index (χ2n) is 8.37. The van der Waals surface area contributed by atoms with Gasteiger partial charge >= 0.3 is 0 Å². The fourth-order valence-corrected chi connectivity index (χ4v) is 4.05. The molecule has 6 nitrogen and oxygen atoms in total. The number of imidazole rings is 1. The summed E-state index contributed by atoms with van der Waals surface area (Å²) >= 11 is 0. The van der Waals surface area contributed by atoms with Crippen molar-refractivity contribution < 1.29 is 0 Å². The molecule has 1 saturated carbocycles. The van der Waals surface area contributed by atoms with Crippen LogP contribution >= 0.6 is 24.0 Å². The van der Waals surface area contributed by atoms with Gasteiger partial charge in [0.25, 0.3) is 0 Å². The van der Waals surface area contributed by atoms with Gasteiger partial charge in [-0.15, -0.1) is 24.0 Å². The van der Waals surface area contributed by atoms with Crippen LogP contribution in [0.5, 0.6) is 0 Å². The van der Waals surface area contributed by atoms with Crippen molar-refractivity contribution >= 4 is 29.9 Å². The van der Waals surface area contributed by atoms with Crippen molar-refractivity contribution in [2.45, 2.75) is 59.9 Å². The van der Waals surface area contributed by atoms with Crippen LogP contribution in [-0.2, 0) is 6.54 Å². The van der Waals surface area contributed by atoms with Crippen molar-refractivity contribution in [3.8, 4) is 5.82 Å². The van der Waals surface area contributed by atoms with E-state index in [0.717, 1.165) is 42.2 Å². The van der Waals surface area contributed by atoms with Crippen molar-refractivity contribution in [3.05, 3.63) is 42.1 Å². The zero-order valence-corrected chi connectivity index (χ0v) is 20.4. The minimum atomic E-state index is 0. The number of rotatable bonds is 8. The first kappa shape index (κ1) is 23.6. The molecule has 0 spiro atoms. The minimum absolute atomic E-state index is 0. The van der Waals surface area contributed by atoms with E-state index in [9.17, 15) is 0 Å². The molecule has 0 saturated heterocycles. The van der Waals surface area contributed by atoms with Gasteiger partial charge in [0.15, 0.2) is 5.96 Å². The smallest absolute Gasteiger partial charge is 0.191 e. The van der Waals surface area contributed by atoms with Crippen molar-refractivity contribution in [3.63, 3.8) is 0 Å². The number of aromatic nitrogens is 3. The minimum Gasteiger partial charge on any atom is -0.357 e. The van der Waals surface area contributed by atoms with E-state index in [1.165, 1.54) is 25.7 Å². The second kappa shape index (κ2) is 10.9. The summed E-state index contributed by atoms with van der Waals surface area (Å²) < 4.78 is 1.98. The Labute approximate surface area is 192 Å². The number of nitrogens with one attached hydrogen (secondary N) is 2. The van der Waals surface area contributed by atoms with E-state index in [1.807, 2.05) is 30.0 Å². The van der Waals surface area contributed by atoms with Gasteiger partial charge in [-0.05, 0) is 56.1 Å². The predicted molar refractivity (Wildman–Crippen MR) is 130 cm³/mol. The maximum atomic E-state index is 4.77. The first-order chi connectivity index (χ1) is 13.5. The molecule has 29 heavy (non-hydrogen) atoms. The zero-order valence-electron chi connectivity index (χ0n) is 18.1. The van der Waals surface area contributed by atoms with Gasteiger partial charge < -0.3 is 10.6 Å².